The van der Waals surface area contributed by atoms with Gasteiger partial charge in [-0.3, -0.25) is 0 Å². The molecule has 4 bridgehead atoms. The number of aromatic nitrogens is 3. The Morgan fingerprint density at radius 1 is 0.971 bits per heavy atom. The van der Waals surface area contributed by atoms with Crippen LogP contribution in [-0.2, 0) is 4.74 Å². The first-order valence-electron chi connectivity index (χ1n) is 11.7. The van der Waals surface area contributed by atoms with Crippen LogP contribution in [0.15, 0.2) is 24.3 Å². The first kappa shape index (κ1) is 23.3. The summed E-state index contributed by atoms with van der Waals surface area (Å²) < 4.78 is 36.3. The SMILES string of the molecule is CNc1nc(NCCOC23CC4CC(CC(C4)C2)C3)nc(Nc2ccc(OC(F)(F)Cl)cc2)n1. The molecule has 0 amide bonds. The lowest BCUT2D eigenvalue weighted by molar-refractivity contribution is -0.159. The number of benzene rings is 1. The molecular weight excluding hydrogens is 466 g/mol. The normalized spacial score (nSPS) is 27.5. The monoisotopic (exact) mass is 494 g/mol. The van der Waals surface area contributed by atoms with Crippen LogP contribution in [0.4, 0.5) is 32.3 Å². The second-order valence-electron chi connectivity index (χ2n) is 9.63. The molecule has 1 aromatic carbocycles. The number of hydrogen-bond acceptors (Lipinski definition) is 8. The Morgan fingerprint density at radius 2 is 1.56 bits per heavy atom. The molecule has 4 aliphatic rings. The van der Waals surface area contributed by atoms with Gasteiger partial charge in [0.2, 0.25) is 17.8 Å². The largest absolute Gasteiger partial charge is 0.487 e. The third-order valence-electron chi connectivity index (χ3n) is 6.98. The molecule has 0 spiro atoms. The summed E-state index contributed by atoms with van der Waals surface area (Å²) in [4.78, 5) is 13.1. The van der Waals surface area contributed by atoms with Crippen LogP contribution in [0.5, 0.6) is 5.75 Å². The molecule has 1 aromatic heterocycles. The summed E-state index contributed by atoms with van der Waals surface area (Å²) in [6, 6.07) is 5.87. The van der Waals surface area contributed by atoms with Gasteiger partial charge in [-0.2, -0.15) is 15.0 Å². The van der Waals surface area contributed by atoms with E-state index in [0.717, 1.165) is 17.8 Å². The molecule has 6 rings (SSSR count). The molecule has 1 heterocycles. The van der Waals surface area contributed by atoms with Crippen molar-refractivity contribution in [2.24, 2.45) is 17.8 Å². The van der Waals surface area contributed by atoms with E-state index in [1.807, 2.05) is 0 Å². The van der Waals surface area contributed by atoms with Crippen LogP contribution in [0, 0.1) is 17.8 Å². The maximum atomic E-state index is 12.8. The zero-order valence-electron chi connectivity index (χ0n) is 19.0. The van der Waals surface area contributed by atoms with Gasteiger partial charge in [0, 0.05) is 30.9 Å². The van der Waals surface area contributed by atoms with Crippen molar-refractivity contribution >= 4 is 35.1 Å². The molecule has 34 heavy (non-hydrogen) atoms. The molecule has 3 N–H and O–H groups in total. The molecule has 4 fully saturated rings. The van der Waals surface area contributed by atoms with E-state index >= 15 is 0 Å². The molecule has 184 valence electrons. The minimum absolute atomic E-state index is 0.0570. The first-order chi connectivity index (χ1) is 16.3. The average Bonchev–Trinajstić information content (AvgIpc) is 2.76. The van der Waals surface area contributed by atoms with E-state index in [-0.39, 0.29) is 11.4 Å². The number of halogens is 3. The third-order valence-corrected chi connectivity index (χ3v) is 7.06. The summed E-state index contributed by atoms with van der Waals surface area (Å²) in [5, 5.41) is 9.18. The van der Waals surface area contributed by atoms with Crippen molar-refractivity contribution in [2.75, 3.05) is 36.1 Å². The standard InChI is InChI=1S/C23H29ClF2N6O2/c1-27-19-30-20(28-6-7-33-22-11-14-8-15(12-22)10-16(9-14)13-22)32-21(31-19)29-17-2-4-18(5-3-17)34-23(24,25)26/h2-5,14-16H,6-13H2,1H3,(H3,27,28,29,30,31,32). The van der Waals surface area contributed by atoms with Crippen molar-refractivity contribution in [3.63, 3.8) is 0 Å². The van der Waals surface area contributed by atoms with E-state index in [0.29, 0.717) is 36.7 Å². The smallest absolute Gasteiger partial charge is 0.420 e. The van der Waals surface area contributed by atoms with Crippen molar-refractivity contribution < 1.29 is 18.3 Å². The number of hydrogen-bond donors (Lipinski definition) is 3. The Hall–Kier alpha value is -2.46. The quantitative estimate of drug-likeness (QED) is 0.306. The maximum Gasteiger partial charge on any atom is 0.487 e. The zero-order valence-corrected chi connectivity index (χ0v) is 19.7. The van der Waals surface area contributed by atoms with Crippen molar-refractivity contribution in [2.45, 2.75) is 49.7 Å². The molecule has 8 nitrogen and oxygen atoms in total. The van der Waals surface area contributed by atoms with Crippen molar-refractivity contribution in [1.29, 1.82) is 0 Å². The number of ether oxygens (including phenoxy) is 2. The van der Waals surface area contributed by atoms with Gasteiger partial charge in [-0.15, -0.1) is 8.78 Å². The Kier molecular flexibility index (Phi) is 6.37. The molecule has 2 aromatic rings. The number of alkyl halides is 3. The summed E-state index contributed by atoms with van der Waals surface area (Å²) in [6.45, 7) is 1.19. The second kappa shape index (κ2) is 9.30. The molecule has 4 saturated carbocycles. The highest BCUT2D eigenvalue weighted by atomic mass is 35.5. The molecular formula is C23H29ClF2N6O2. The van der Waals surface area contributed by atoms with Crippen molar-refractivity contribution in [3.8, 4) is 5.75 Å². The van der Waals surface area contributed by atoms with Gasteiger partial charge in [0.15, 0.2) is 0 Å². The molecule has 0 unspecified atom stereocenters. The zero-order chi connectivity index (χ0) is 23.8. The van der Waals surface area contributed by atoms with Gasteiger partial charge in [-0.05, 0) is 80.5 Å². The predicted molar refractivity (Wildman–Crippen MR) is 126 cm³/mol. The van der Waals surface area contributed by atoms with E-state index in [4.69, 9.17) is 16.3 Å². The molecule has 0 atom stereocenters. The molecule has 4 aliphatic carbocycles. The minimum atomic E-state index is -3.76. The van der Waals surface area contributed by atoms with E-state index in [2.05, 4.69) is 35.6 Å². The Balaban J connectivity index is 1.16. The summed E-state index contributed by atoms with van der Waals surface area (Å²) in [5.41, 5.74) is -3.10. The van der Waals surface area contributed by atoms with Crippen LogP contribution in [0.1, 0.15) is 38.5 Å². The van der Waals surface area contributed by atoms with Gasteiger partial charge in [0.25, 0.3) is 0 Å². The van der Waals surface area contributed by atoms with Gasteiger partial charge < -0.3 is 25.4 Å². The molecule has 0 radical (unpaired) electrons. The lowest BCUT2D eigenvalue weighted by atomic mass is 9.54. The number of anilines is 4. The number of nitrogens with zero attached hydrogens (tertiary/aromatic N) is 3. The fourth-order valence-electron chi connectivity index (χ4n) is 6.13. The van der Waals surface area contributed by atoms with Gasteiger partial charge >= 0.3 is 5.57 Å². The Bertz CT molecular complexity index is 969. The summed E-state index contributed by atoms with van der Waals surface area (Å²) in [5.74, 6) is 3.60. The minimum Gasteiger partial charge on any atom is -0.420 e. The molecule has 0 aliphatic heterocycles. The number of rotatable bonds is 10. The van der Waals surface area contributed by atoms with Crippen LogP contribution in [0.2, 0.25) is 0 Å². The van der Waals surface area contributed by atoms with Gasteiger partial charge in [0.05, 0.1) is 12.2 Å². The van der Waals surface area contributed by atoms with Crippen LogP contribution >= 0.6 is 11.6 Å². The highest BCUT2D eigenvalue weighted by Gasteiger charge is 2.51. The highest BCUT2D eigenvalue weighted by Crippen LogP contribution is 2.57. The van der Waals surface area contributed by atoms with Gasteiger partial charge in [-0.25, -0.2) is 0 Å². The van der Waals surface area contributed by atoms with E-state index in [1.165, 1.54) is 50.7 Å². The third kappa shape index (κ3) is 5.60. The summed E-state index contributed by atoms with van der Waals surface area (Å²) >= 11 is 4.80. The van der Waals surface area contributed by atoms with Crippen molar-refractivity contribution in [3.05, 3.63) is 24.3 Å². The fraction of sp³-hybridized carbons (Fsp3) is 0.609. The van der Waals surface area contributed by atoms with E-state index in [9.17, 15) is 8.78 Å². The van der Waals surface area contributed by atoms with Crippen LogP contribution in [-0.4, -0.2) is 46.3 Å². The summed E-state index contributed by atoms with van der Waals surface area (Å²) in [6.07, 6.45) is 7.79. The molecule has 11 heteroatoms. The average molecular weight is 495 g/mol. The van der Waals surface area contributed by atoms with Gasteiger partial charge in [0.1, 0.15) is 5.75 Å². The van der Waals surface area contributed by atoms with Crippen LogP contribution in [0.25, 0.3) is 0 Å². The Labute approximate surface area is 202 Å². The van der Waals surface area contributed by atoms with E-state index in [1.54, 1.807) is 19.2 Å². The lowest BCUT2D eigenvalue weighted by Crippen LogP contribution is -2.52. The van der Waals surface area contributed by atoms with E-state index < -0.39 is 5.57 Å². The highest BCUT2D eigenvalue weighted by molar-refractivity contribution is 6.20. The maximum absolute atomic E-state index is 12.8. The van der Waals surface area contributed by atoms with Crippen LogP contribution < -0.4 is 20.7 Å². The Morgan fingerprint density at radius 3 is 2.15 bits per heavy atom. The van der Waals surface area contributed by atoms with Crippen molar-refractivity contribution in [1.82, 2.24) is 15.0 Å². The second-order valence-corrected chi connectivity index (χ2v) is 10.1. The van der Waals surface area contributed by atoms with Gasteiger partial charge in [-0.1, -0.05) is 0 Å². The topological polar surface area (TPSA) is 93.2 Å². The predicted octanol–water partition coefficient (Wildman–Crippen LogP) is 5.22. The van der Waals surface area contributed by atoms with Crippen LogP contribution in [0.3, 0.4) is 0 Å². The fourth-order valence-corrected chi connectivity index (χ4v) is 6.22. The molecule has 0 saturated heterocycles. The lowest BCUT2D eigenvalue weighted by Gasteiger charge is -2.56. The summed E-state index contributed by atoms with van der Waals surface area (Å²) in [7, 11) is 1.72. The first-order valence-corrected chi connectivity index (χ1v) is 12.1. The number of nitrogens with one attached hydrogen (secondary N) is 3.